The van der Waals surface area contributed by atoms with Crippen LogP contribution < -0.4 is 11.5 Å². The monoisotopic (exact) mass is 166 g/mol. The van der Waals surface area contributed by atoms with Crippen molar-refractivity contribution in [1.29, 1.82) is 0 Å². The van der Waals surface area contributed by atoms with Crippen LogP contribution in [0.1, 0.15) is 11.6 Å². The van der Waals surface area contributed by atoms with Crippen molar-refractivity contribution in [2.75, 3.05) is 5.73 Å². The fourth-order valence-corrected chi connectivity index (χ4v) is 0.846. The Kier molecular flexibility index (Phi) is 2.30. The van der Waals surface area contributed by atoms with E-state index in [0.29, 0.717) is 11.3 Å². The fraction of sp³-hybridized carbons (Fsp3) is 0.125. The van der Waals surface area contributed by atoms with E-state index in [1.807, 2.05) is 0 Å². The summed E-state index contributed by atoms with van der Waals surface area (Å²) in [5.74, 6) is -1.04. The highest BCUT2D eigenvalue weighted by Crippen LogP contribution is 2.12. The smallest absolute Gasteiger partial charge is 0.325 e. The second-order valence-corrected chi connectivity index (χ2v) is 2.48. The summed E-state index contributed by atoms with van der Waals surface area (Å²) >= 11 is 0. The van der Waals surface area contributed by atoms with Gasteiger partial charge in [-0.1, -0.05) is 12.1 Å². The Hall–Kier alpha value is -1.55. The zero-order valence-electron chi connectivity index (χ0n) is 6.40. The van der Waals surface area contributed by atoms with Crippen molar-refractivity contribution in [2.24, 2.45) is 5.73 Å². The number of carboxylic acids is 1. The summed E-state index contributed by atoms with van der Waals surface area (Å²) in [6.07, 6.45) is 0. The molecule has 1 unspecified atom stereocenters. The lowest BCUT2D eigenvalue weighted by Gasteiger charge is -2.05. The topological polar surface area (TPSA) is 89.3 Å². The number of benzene rings is 1. The number of hydrogen-bond donors (Lipinski definition) is 3. The summed E-state index contributed by atoms with van der Waals surface area (Å²) in [5, 5.41) is 8.55. The molecule has 5 N–H and O–H groups in total. The molecule has 1 atom stereocenters. The third-order valence-corrected chi connectivity index (χ3v) is 1.56. The number of nitrogen functional groups attached to an aromatic ring is 1. The predicted molar refractivity (Wildman–Crippen MR) is 45.4 cm³/mol. The third-order valence-electron chi connectivity index (χ3n) is 1.56. The minimum atomic E-state index is -1.04. The summed E-state index contributed by atoms with van der Waals surface area (Å²) in [6, 6.07) is 5.49. The molecule has 0 heterocycles. The molecule has 4 heteroatoms. The summed E-state index contributed by atoms with van der Waals surface area (Å²) in [5.41, 5.74) is 11.9. The van der Waals surface area contributed by atoms with Crippen LogP contribution in [0.15, 0.2) is 24.3 Å². The van der Waals surface area contributed by atoms with Gasteiger partial charge in [0.15, 0.2) is 0 Å². The second kappa shape index (κ2) is 3.23. The van der Waals surface area contributed by atoms with Gasteiger partial charge in [0.25, 0.3) is 0 Å². The van der Waals surface area contributed by atoms with Gasteiger partial charge < -0.3 is 16.6 Å². The number of carboxylic acid groups (broad SMARTS) is 1. The molecule has 0 fully saturated rings. The molecule has 12 heavy (non-hydrogen) atoms. The predicted octanol–water partition coefficient (Wildman–Crippen LogP) is 0.353. The van der Waals surface area contributed by atoms with E-state index in [1.54, 1.807) is 24.3 Å². The van der Waals surface area contributed by atoms with E-state index < -0.39 is 12.0 Å². The van der Waals surface area contributed by atoms with Crippen molar-refractivity contribution < 1.29 is 9.90 Å². The number of nitrogens with two attached hydrogens (primary N) is 2. The number of rotatable bonds is 2. The Morgan fingerprint density at radius 2 is 1.83 bits per heavy atom. The lowest BCUT2D eigenvalue weighted by atomic mass is 10.1. The van der Waals surface area contributed by atoms with Gasteiger partial charge in [0.1, 0.15) is 6.04 Å². The maximum atomic E-state index is 10.4. The quantitative estimate of drug-likeness (QED) is 0.553. The van der Waals surface area contributed by atoms with Crippen molar-refractivity contribution in [3.8, 4) is 0 Å². The third kappa shape index (κ3) is 1.73. The van der Waals surface area contributed by atoms with Gasteiger partial charge >= 0.3 is 5.97 Å². The first-order chi connectivity index (χ1) is 5.61. The Bertz CT molecular complexity index is 282. The maximum Gasteiger partial charge on any atom is 0.325 e. The fourth-order valence-electron chi connectivity index (χ4n) is 0.846. The highest BCUT2D eigenvalue weighted by atomic mass is 16.4. The SMILES string of the molecule is Nc1ccc(C(N)C(=O)O)cc1. The van der Waals surface area contributed by atoms with Gasteiger partial charge in [0.2, 0.25) is 0 Å². The molecule has 0 spiro atoms. The van der Waals surface area contributed by atoms with E-state index >= 15 is 0 Å². The minimum absolute atomic E-state index is 0.553. The molecule has 64 valence electrons. The van der Waals surface area contributed by atoms with Gasteiger partial charge in [-0.2, -0.15) is 0 Å². The van der Waals surface area contributed by atoms with Crippen LogP contribution in [0, 0.1) is 0 Å². The van der Waals surface area contributed by atoms with Gasteiger partial charge in [-0.15, -0.1) is 0 Å². The van der Waals surface area contributed by atoms with E-state index in [4.69, 9.17) is 16.6 Å². The molecule has 0 saturated carbocycles. The Morgan fingerprint density at radius 1 is 1.33 bits per heavy atom. The van der Waals surface area contributed by atoms with Crippen LogP contribution in [0.2, 0.25) is 0 Å². The van der Waals surface area contributed by atoms with Crippen LogP contribution in [0.5, 0.6) is 0 Å². The van der Waals surface area contributed by atoms with Crippen LogP contribution >= 0.6 is 0 Å². The van der Waals surface area contributed by atoms with Crippen molar-refractivity contribution >= 4 is 11.7 Å². The average molecular weight is 166 g/mol. The van der Waals surface area contributed by atoms with Crippen LogP contribution in [0.4, 0.5) is 5.69 Å². The molecule has 0 saturated heterocycles. The molecule has 0 aromatic heterocycles. The van der Waals surface area contributed by atoms with E-state index in [9.17, 15) is 4.79 Å². The first-order valence-corrected chi connectivity index (χ1v) is 3.45. The molecule has 0 aliphatic rings. The molecule has 0 aliphatic heterocycles. The van der Waals surface area contributed by atoms with E-state index in [1.165, 1.54) is 0 Å². The molecule has 0 bridgehead atoms. The summed E-state index contributed by atoms with van der Waals surface area (Å²) in [4.78, 5) is 10.4. The zero-order valence-corrected chi connectivity index (χ0v) is 6.40. The van der Waals surface area contributed by atoms with Crippen LogP contribution in [-0.4, -0.2) is 11.1 Å². The Labute approximate surface area is 69.8 Å². The van der Waals surface area contributed by atoms with E-state index in [2.05, 4.69) is 0 Å². The largest absolute Gasteiger partial charge is 0.480 e. The van der Waals surface area contributed by atoms with Crippen LogP contribution in [0.25, 0.3) is 0 Å². The summed E-state index contributed by atoms with van der Waals surface area (Å²) in [6.45, 7) is 0. The van der Waals surface area contributed by atoms with Gasteiger partial charge in [-0.25, -0.2) is 0 Å². The summed E-state index contributed by atoms with van der Waals surface area (Å²) in [7, 11) is 0. The number of hydrogen-bond acceptors (Lipinski definition) is 3. The molecular formula is C8H10N2O2. The maximum absolute atomic E-state index is 10.4. The van der Waals surface area contributed by atoms with Crippen molar-refractivity contribution in [2.45, 2.75) is 6.04 Å². The number of carbonyl (C=O) groups is 1. The molecular weight excluding hydrogens is 156 g/mol. The van der Waals surface area contributed by atoms with Crippen molar-refractivity contribution in [1.82, 2.24) is 0 Å². The molecule has 0 radical (unpaired) electrons. The molecule has 0 aliphatic carbocycles. The van der Waals surface area contributed by atoms with E-state index in [-0.39, 0.29) is 0 Å². The standard InChI is InChI=1S/C8H10N2O2/c9-6-3-1-5(2-4-6)7(10)8(11)12/h1-4,7H,9-10H2,(H,11,12). The molecule has 1 aromatic rings. The molecule has 0 amide bonds. The molecule has 4 nitrogen and oxygen atoms in total. The van der Waals surface area contributed by atoms with Gasteiger partial charge in [-0.05, 0) is 17.7 Å². The number of anilines is 1. The van der Waals surface area contributed by atoms with Gasteiger partial charge in [-0.3, -0.25) is 4.79 Å². The first kappa shape index (κ1) is 8.55. The average Bonchev–Trinajstić information content (AvgIpc) is 2.04. The Balaban J connectivity index is 2.89. The molecule has 1 rings (SSSR count). The van der Waals surface area contributed by atoms with Crippen LogP contribution in [-0.2, 0) is 4.79 Å². The number of aliphatic carboxylic acids is 1. The molecule has 1 aromatic carbocycles. The van der Waals surface area contributed by atoms with Crippen LogP contribution in [0.3, 0.4) is 0 Å². The second-order valence-electron chi connectivity index (χ2n) is 2.48. The lowest BCUT2D eigenvalue weighted by Crippen LogP contribution is -2.20. The highest BCUT2D eigenvalue weighted by Gasteiger charge is 2.12. The lowest BCUT2D eigenvalue weighted by molar-refractivity contribution is -0.138. The zero-order chi connectivity index (χ0) is 9.14. The van der Waals surface area contributed by atoms with Crippen molar-refractivity contribution in [3.05, 3.63) is 29.8 Å². The summed E-state index contributed by atoms with van der Waals surface area (Å²) < 4.78 is 0. The van der Waals surface area contributed by atoms with Gasteiger partial charge in [0.05, 0.1) is 0 Å². The Morgan fingerprint density at radius 3 is 2.25 bits per heavy atom. The van der Waals surface area contributed by atoms with Crippen molar-refractivity contribution in [3.63, 3.8) is 0 Å². The van der Waals surface area contributed by atoms with E-state index in [0.717, 1.165) is 0 Å². The minimum Gasteiger partial charge on any atom is -0.480 e. The highest BCUT2D eigenvalue weighted by molar-refractivity contribution is 5.75. The normalized spacial score (nSPS) is 12.4. The van der Waals surface area contributed by atoms with Gasteiger partial charge in [0, 0.05) is 5.69 Å². The first-order valence-electron chi connectivity index (χ1n) is 3.45.